The lowest BCUT2D eigenvalue weighted by molar-refractivity contribution is 0.289. The molecule has 1 aromatic carbocycles. The molecule has 0 spiro atoms. The summed E-state index contributed by atoms with van der Waals surface area (Å²) in [5, 5.41) is 7.96. The van der Waals surface area contributed by atoms with Crippen LogP contribution in [0.5, 0.6) is 5.75 Å². The summed E-state index contributed by atoms with van der Waals surface area (Å²) < 4.78 is 7.59. The highest BCUT2D eigenvalue weighted by Crippen LogP contribution is 2.22. The van der Waals surface area contributed by atoms with Crippen molar-refractivity contribution >= 4 is 0 Å². The summed E-state index contributed by atoms with van der Waals surface area (Å²) >= 11 is 0. The van der Waals surface area contributed by atoms with Gasteiger partial charge in [-0.2, -0.15) is 5.10 Å². The van der Waals surface area contributed by atoms with Gasteiger partial charge < -0.3 is 10.1 Å². The summed E-state index contributed by atoms with van der Waals surface area (Å²) in [5.74, 6) is 0.966. The van der Waals surface area contributed by atoms with Crippen LogP contribution in [-0.2, 0) is 19.6 Å². The molecule has 0 amide bonds. The Morgan fingerprint density at radius 3 is 2.60 bits per heavy atom. The molecule has 1 atom stereocenters. The maximum absolute atomic E-state index is 5.55. The zero-order valence-electron chi connectivity index (χ0n) is 16.2. The molecule has 5 heteroatoms. The molecule has 0 bridgehead atoms. The molecule has 2 rings (SSSR count). The van der Waals surface area contributed by atoms with E-state index in [0.29, 0.717) is 0 Å². The number of rotatable bonds is 10. The highest BCUT2D eigenvalue weighted by atomic mass is 16.5. The Kier molecular flexibility index (Phi) is 7.47. The maximum atomic E-state index is 5.55. The average Bonchev–Trinajstić information content (AvgIpc) is 3.13. The topological polar surface area (TPSA) is 42.3 Å². The lowest BCUT2D eigenvalue weighted by Crippen LogP contribution is -2.23. The fourth-order valence-electron chi connectivity index (χ4n) is 3.10. The first-order valence-electron chi connectivity index (χ1n) is 9.26. The monoisotopic (exact) mass is 344 g/mol. The Morgan fingerprint density at radius 1 is 1.20 bits per heavy atom. The first-order valence-corrected chi connectivity index (χ1v) is 9.26. The van der Waals surface area contributed by atoms with E-state index in [2.05, 4.69) is 67.3 Å². The number of benzene rings is 1. The van der Waals surface area contributed by atoms with E-state index in [1.807, 2.05) is 10.9 Å². The zero-order chi connectivity index (χ0) is 18.2. The van der Waals surface area contributed by atoms with Gasteiger partial charge in [-0.3, -0.25) is 9.58 Å². The number of aryl methyl sites for hydroxylation is 1. The predicted octanol–water partition coefficient (Wildman–Crippen LogP) is 3.60. The molecule has 0 aliphatic heterocycles. The Balaban J connectivity index is 2.06. The molecule has 25 heavy (non-hydrogen) atoms. The largest absolute Gasteiger partial charge is 0.496 e. The summed E-state index contributed by atoms with van der Waals surface area (Å²) in [5.41, 5.74) is 3.74. The van der Waals surface area contributed by atoms with Gasteiger partial charge in [0.15, 0.2) is 0 Å². The quantitative estimate of drug-likeness (QED) is 0.715. The zero-order valence-corrected chi connectivity index (χ0v) is 16.2. The average molecular weight is 345 g/mol. The highest BCUT2D eigenvalue weighted by molar-refractivity contribution is 5.37. The van der Waals surface area contributed by atoms with Crippen LogP contribution in [0, 0.1) is 0 Å². The summed E-state index contributed by atoms with van der Waals surface area (Å²) in [6.07, 6.45) is 1.87. The van der Waals surface area contributed by atoms with Crippen LogP contribution in [0.25, 0.3) is 0 Å². The van der Waals surface area contributed by atoms with Crippen LogP contribution in [0.2, 0.25) is 0 Å². The first kappa shape index (κ1) is 19.5. The third-order valence-corrected chi connectivity index (χ3v) is 4.74. The van der Waals surface area contributed by atoms with E-state index in [9.17, 15) is 0 Å². The van der Waals surface area contributed by atoms with E-state index < -0.39 is 0 Å². The third-order valence-electron chi connectivity index (χ3n) is 4.74. The minimum Gasteiger partial charge on any atom is -0.496 e. The van der Waals surface area contributed by atoms with Crippen LogP contribution in [0.15, 0.2) is 30.5 Å². The summed E-state index contributed by atoms with van der Waals surface area (Å²) in [6.45, 7) is 13.4. The summed E-state index contributed by atoms with van der Waals surface area (Å²) in [7, 11) is 1.74. The van der Waals surface area contributed by atoms with E-state index >= 15 is 0 Å². The molecular weight excluding hydrogens is 312 g/mol. The van der Waals surface area contributed by atoms with Gasteiger partial charge in [-0.1, -0.05) is 19.9 Å². The van der Waals surface area contributed by atoms with Gasteiger partial charge in [0.25, 0.3) is 0 Å². The number of aromatic nitrogens is 2. The molecule has 1 aromatic heterocycles. The lowest BCUT2D eigenvalue weighted by atomic mass is 10.1. The molecule has 1 heterocycles. The summed E-state index contributed by atoms with van der Waals surface area (Å²) in [6, 6.07) is 8.82. The van der Waals surface area contributed by atoms with Crippen molar-refractivity contribution in [1.29, 1.82) is 0 Å². The van der Waals surface area contributed by atoms with E-state index in [1.54, 1.807) is 7.11 Å². The number of methoxy groups -OCH3 is 1. The minimum absolute atomic E-state index is 0.260. The van der Waals surface area contributed by atoms with Crippen molar-refractivity contribution in [1.82, 2.24) is 20.0 Å². The second-order valence-corrected chi connectivity index (χ2v) is 6.28. The molecule has 0 radical (unpaired) electrons. The SMILES string of the molecule is CCN(CC)Cc1cc(CNC(C)c2ccnn2CC)ccc1OC. The van der Waals surface area contributed by atoms with Crippen molar-refractivity contribution in [2.75, 3.05) is 20.2 Å². The molecule has 5 nitrogen and oxygen atoms in total. The van der Waals surface area contributed by atoms with Crippen molar-refractivity contribution in [3.63, 3.8) is 0 Å². The Hall–Kier alpha value is -1.85. The van der Waals surface area contributed by atoms with Gasteiger partial charge in [0, 0.05) is 37.4 Å². The fraction of sp³-hybridized carbons (Fsp3) is 0.550. The number of hydrogen-bond acceptors (Lipinski definition) is 4. The van der Waals surface area contributed by atoms with Gasteiger partial charge in [-0.05, 0) is 50.7 Å². The highest BCUT2D eigenvalue weighted by Gasteiger charge is 2.12. The van der Waals surface area contributed by atoms with Crippen molar-refractivity contribution in [3.8, 4) is 5.75 Å². The second kappa shape index (κ2) is 9.59. The van der Waals surface area contributed by atoms with Crippen LogP contribution >= 0.6 is 0 Å². The first-order chi connectivity index (χ1) is 12.1. The van der Waals surface area contributed by atoms with Crippen molar-refractivity contribution in [2.45, 2.75) is 53.4 Å². The van der Waals surface area contributed by atoms with Crippen molar-refractivity contribution in [3.05, 3.63) is 47.3 Å². The molecule has 2 aromatic rings. The van der Waals surface area contributed by atoms with Crippen LogP contribution in [0.3, 0.4) is 0 Å². The summed E-state index contributed by atoms with van der Waals surface area (Å²) in [4.78, 5) is 2.40. The molecule has 0 saturated carbocycles. The third kappa shape index (κ3) is 5.06. The Morgan fingerprint density at radius 2 is 1.96 bits per heavy atom. The van der Waals surface area contributed by atoms with Gasteiger partial charge in [-0.25, -0.2) is 0 Å². The van der Waals surface area contributed by atoms with Gasteiger partial charge in [0.05, 0.1) is 12.8 Å². The van der Waals surface area contributed by atoms with Gasteiger partial charge in [0.2, 0.25) is 0 Å². The second-order valence-electron chi connectivity index (χ2n) is 6.28. The molecule has 138 valence electrons. The van der Waals surface area contributed by atoms with E-state index in [4.69, 9.17) is 4.74 Å². The maximum Gasteiger partial charge on any atom is 0.123 e. The van der Waals surface area contributed by atoms with E-state index in [-0.39, 0.29) is 6.04 Å². The standard InChI is InChI=1S/C20H32N4O/c1-6-23(7-2)15-18-13-17(9-10-20(18)25-5)14-21-16(4)19-11-12-22-24(19)8-3/h9-13,16,21H,6-8,14-15H2,1-5H3. The molecule has 1 unspecified atom stereocenters. The van der Waals surface area contributed by atoms with E-state index in [0.717, 1.165) is 38.5 Å². The predicted molar refractivity (Wildman–Crippen MR) is 103 cm³/mol. The van der Waals surface area contributed by atoms with Crippen LogP contribution in [-0.4, -0.2) is 34.9 Å². The van der Waals surface area contributed by atoms with E-state index in [1.165, 1.54) is 16.8 Å². The molecule has 0 saturated heterocycles. The molecule has 1 N–H and O–H groups in total. The number of hydrogen-bond donors (Lipinski definition) is 1. The van der Waals surface area contributed by atoms with Gasteiger partial charge >= 0.3 is 0 Å². The minimum atomic E-state index is 0.260. The van der Waals surface area contributed by atoms with Crippen LogP contribution in [0.4, 0.5) is 0 Å². The van der Waals surface area contributed by atoms with Crippen LogP contribution < -0.4 is 10.1 Å². The molecule has 0 aliphatic rings. The number of nitrogens with one attached hydrogen (secondary N) is 1. The Labute approximate surface area is 152 Å². The van der Waals surface area contributed by atoms with Gasteiger partial charge in [-0.15, -0.1) is 0 Å². The van der Waals surface area contributed by atoms with Crippen molar-refractivity contribution in [2.24, 2.45) is 0 Å². The normalized spacial score (nSPS) is 12.6. The van der Waals surface area contributed by atoms with Crippen molar-refractivity contribution < 1.29 is 4.74 Å². The number of nitrogens with zero attached hydrogens (tertiary/aromatic N) is 3. The Bertz CT molecular complexity index is 649. The van der Waals surface area contributed by atoms with Gasteiger partial charge in [0.1, 0.15) is 5.75 Å². The molecular formula is C20H32N4O. The molecule has 0 fully saturated rings. The number of ether oxygens (including phenoxy) is 1. The fourth-order valence-corrected chi connectivity index (χ4v) is 3.10. The smallest absolute Gasteiger partial charge is 0.123 e. The lowest BCUT2D eigenvalue weighted by Gasteiger charge is -2.21. The van der Waals surface area contributed by atoms with Crippen LogP contribution in [0.1, 0.15) is 50.6 Å². The molecule has 0 aliphatic carbocycles.